The Labute approximate surface area is 411 Å². The molecule has 1 nitrogen and oxygen atoms in total. The number of hydrogen-bond donors (Lipinski definition) is 0. The normalized spacial score (nSPS) is 21.6. The van der Waals surface area contributed by atoms with E-state index in [9.17, 15) is 0 Å². The Morgan fingerprint density at radius 1 is 0.300 bits per heavy atom. The first-order valence-corrected chi connectivity index (χ1v) is 25.7. The molecule has 4 saturated carbocycles. The summed E-state index contributed by atoms with van der Waals surface area (Å²) in [5.74, 6) is 3.04. The van der Waals surface area contributed by atoms with E-state index in [-0.39, 0.29) is 5.41 Å². The maximum absolute atomic E-state index is 2.65. The van der Waals surface area contributed by atoms with Crippen molar-refractivity contribution in [1.29, 1.82) is 0 Å². The van der Waals surface area contributed by atoms with Gasteiger partial charge in [-0.3, -0.25) is 0 Å². The zero-order valence-corrected chi connectivity index (χ0v) is 39.3. The minimum atomic E-state index is -0.437. The molecule has 0 heterocycles. The van der Waals surface area contributed by atoms with Gasteiger partial charge in [-0.2, -0.15) is 0 Å². The standard InChI is InChI=1S/C69H53N/c1-4-14-47(15-5-1)49-24-29-57(30-25-49)70(58-31-26-48-16-10-11-17-50(48)41-58)59-32-34-62-63-42-51(28-35-65(63)69(67(62)44-59)55-37-45-36-46(39-55)40-56(69)38-45)52-27-33-61-60-22-12-13-23-64(60)68(66(61)43-52,53-18-6-2-7-19-53)54-20-8-3-9-21-54/h1-35,41-46,55-56H,36-40H2/t45-,46+,55-,56?,69?. The molecule has 6 aliphatic rings. The predicted molar refractivity (Wildman–Crippen MR) is 290 cm³/mol. The number of rotatable bonds is 7. The number of fused-ring (bicyclic) bond motifs is 7. The zero-order chi connectivity index (χ0) is 46.0. The molecule has 10 aromatic carbocycles. The highest BCUT2D eigenvalue weighted by atomic mass is 15.1. The molecule has 0 unspecified atom stereocenters. The van der Waals surface area contributed by atoms with Crippen LogP contribution in [0.2, 0.25) is 0 Å². The first-order chi connectivity index (χ1) is 34.6. The molecular weight excluding hydrogens is 843 g/mol. The monoisotopic (exact) mass is 895 g/mol. The first kappa shape index (κ1) is 40.2. The second kappa shape index (κ2) is 15.4. The highest BCUT2D eigenvalue weighted by Gasteiger charge is 2.61. The number of benzene rings is 10. The summed E-state index contributed by atoms with van der Waals surface area (Å²) in [5.41, 5.74) is 22.2. The Kier molecular flexibility index (Phi) is 8.83. The lowest BCUT2D eigenvalue weighted by molar-refractivity contribution is -0.0399. The third kappa shape index (κ3) is 5.72. The predicted octanol–water partition coefficient (Wildman–Crippen LogP) is 17.7. The highest BCUT2D eigenvalue weighted by Crippen LogP contribution is 2.70. The summed E-state index contributed by atoms with van der Waals surface area (Å²) in [4.78, 5) is 2.52. The van der Waals surface area contributed by atoms with Crippen LogP contribution in [0.25, 0.3) is 55.3 Å². The highest BCUT2D eigenvalue weighted by molar-refractivity contribution is 5.93. The molecule has 1 spiro atoms. The molecule has 0 aromatic heterocycles. The zero-order valence-electron chi connectivity index (χ0n) is 39.3. The van der Waals surface area contributed by atoms with Crippen LogP contribution in [0.1, 0.15) is 65.5 Å². The molecule has 0 atom stereocenters. The van der Waals surface area contributed by atoms with Crippen molar-refractivity contribution in [2.24, 2.45) is 23.7 Å². The molecule has 70 heavy (non-hydrogen) atoms. The summed E-state index contributed by atoms with van der Waals surface area (Å²) in [6.45, 7) is 0. The molecule has 10 aromatic rings. The molecule has 0 radical (unpaired) electrons. The van der Waals surface area contributed by atoms with Crippen LogP contribution in [0.3, 0.4) is 0 Å². The lowest BCUT2D eigenvalue weighted by Gasteiger charge is -2.61. The van der Waals surface area contributed by atoms with E-state index in [4.69, 9.17) is 0 Å². The fraction of sp³-hybridized carbons (Fsp3) is 0.159. The Morgan fingerprint density at radius 2 is 0.814 bits per heavy atom. The van der Waals surface area contributed by atoms with Crippen LogP contribution in [0, 0.1) is 23.7 Å². The molecule has 6 aliphatic carbocycles. The smallest absolute Gasteiger partial charge is 0.0713 e. The van der Waals surface area contributed by atoms with Gasteiger partial charge in [-0.15, -0.1) is 0 Å². The average Bonchev–Trinajstić information content (AvgIpc) is 3.88. The van der Waals surface area contributed by atoms with E-state index in [1.807, 2.05) is 0 Å². The number of hydrogen-bond acceptors (Lipinski definition) is 1. The Bertz CT molecular complexity index is 3590. The Balaban J connectivity index is 0.910. The maximum atomic E-state index is 2.65. The van der Waals surface area contributed by atoms with Crippen LogP contribution in [0.15, 0.2) is 237 Å². The van der Waals surface area contributed by atoms with Crippen molar-refractivity contribution in [3.8, 4) is 44.5 Å². The van der Waals surface area contributed by atoms with Crippen molar-refractivity contribution in [2.75, 3.05) is 4.90 Å². The second-order valence-electron chi connectivity index (χ2n) is 21.2. The average molecular weight is 896 g/mol. The summed E-state index contributed by atoms with van der Waals surface area (Å²) < 4.78 is 0. The van der Waals surface area contributed by atoms with Gasteiger partial charge in [-0.1, -0.05) is 188 Å². The van der Waals surface area contributed by atoms with Crippen molar-refractivity contribution >= 4 is 27.8 Å². The van der Waals surface area contributed by atoms with Crippen molar-refractivity contribution < 1.29 is 0 Å². The van der Waals surface area contributed by atoms with Gasteiger partial charge in [0.1, 0.15) is 0 Å². The fourth-order valence-corrected chi connectivity index (χ4v) is 15.3. The molecule has 4 bridgehead atoms. The number of nitrogens with zero attached hydrogens (tertiary/aromatic N) is 1. The van der Waals surface area contributed by atoms with Crippen LogP contribution >= 0.6 is 0 Å². The van der Waals surface area contributed by atoms with E-state index in [1.54, 1.807) is 11.1 Å². The van der Waals surface area contributed by atoms with E-state index < -0.39 is 5.41 Å². The van der Waals surface area contributed by atoms with Crippen LogP contribution in [-0.2, 0) is 10.8 Å². The van der Waals surface area contributed by atoms with E-state index in [1.165, 1.54) is 127 Å². The maximum Gasteiger partial charge on any atom is 0.0713 e. The number of anilines is 3. The Hall–Kier alpha value is -7.74. The minimum Gasteiger partial charge on any atom is -0.310 e. The van der Waals surface area contributed by atoms with Gasteiger partial charge in [0.15, 0.2) is 0 Å². The summed E-state index contributed by atoms with van der Waals surface area (Å²) in [6, 6.07) is 89.9. The summed E-state index contributed by atoms with van der Waals surface area (Å²) >= 11 is 0. The van der Waals surface area contributed by atoms with E-state index >= 15 is 0 Å². The summed E-state index contributed by atoms with van der Waals surface area (Å²) in [7, 11) is 0. The fourth-order valence-electron chi connectivity index (χ4n) is 15.3. The lowest BCUT2D eigenvalue weighted by atomic mass is 9.43. The Morgan fingerprint density at radius 3 is 1.54 bits per heavy atom. The molecule has 0 amide bonds. The molecule has 0 N–H and O–H groups in total. The third-order valence-electron chi connectivity index (χ3n) is 17.9. The van der Waals surface area contributed by atoms with Gasteiger partial charge in [0, 0.05) is 22.5 Å². The SMILES string of the molecule is c1ccc(-c2ccc(N(c3ccc4c(c3)C3(c5ccc(-c6ccc7c(c6)C(c6ccccc6)(c6ccccc6)c6ccccc6-7)cc5-4)C4C[C@H]5C[C@@H](C4)C[C@@H]3C5)c3ccc4ccccc4c3)cc2)cc1. The molecule has 16 rings (SSSR count). The van der Waals surface area contributed by atoms with Gasteiger partial charge in [0.05, 0.1) is 5.41 Å². The molecule has 0 saturated heterocycles. The summed E-state index contributed by atoms with van der Waals surface area (Å²) in [6.07, 6.45) is 6.82. The molecule has 334 valence electrons. The second-order valence-corrected chi connectivity index (χ2v) is 21.2. The van der Waals surface area contributed by atoms with Crippen LogP contribution in [0.5, 0.6) is 0 Å². The van der Waals surface area contributed by atoms with Gasteiger partial charge >= 0.3 is 0 Å². The quantitative estimate of drug-likeness (QED) is 0.154. The van der Waals surface area contributed by atoms with Crippen LogP contribution in [-0.4, -0.2) is 0 Å². The topological polar surface area (TPSA) is 3.24 Å². The molecule has 0 aliphatic heterocycles. The largest absolute Gasteiger partial charge is 0.310 e. The first-order valence-electron chi connectivity index (χ1n) is 25.7. The van der Waals surface area contributed by atoms with E-state index in [0.29, 0.717) is 11.8 Å². The van der Waals surface area contributed by atoms with Gasteiger partial charge < -0.3 is 4.90 Å². The molecule has 1 heteroatoms. The van der Waals surface area contributed by atoms with Crippen molar-refractivity contribution in [2.45, 2.75) is 42.9 Å². The van der Waals surface area contributed by atoms with Crippen molar-refractivity contribution in [3.05, 3.63) is 270 Å². The van der Waals surface area contributed by atoms with Crippen LogP contribution in [0.4, 0.5) is 17.1 Å². The van der Waals surface area contributed by atoms with Crippen molar-refractivity contribution in [3.63, 3.8) is 0 Å². The summed E-state index contributed by atoms with van der Waals surface area (Å²) in [5, 5.41) is 2.52. The van der Waals surface area contributed by atoms with Gasteiger partial charge in [-0.25, -0.2) is 0 Å². The van der Waals surface area contributed by atoms with Gasteiger partial charge in [0.2, 0.25) is 0 Å². The third-order valence-corrected chi connectivity index (χ3v) is 17.9. The van der Waals surface area contributed by atoms with Gasteiger partial charge in [0.25, 0.3) is 0 Å². The minimum absolute atomic E-state index is 0.00813. The van der Waals surface area contributed by atoms with Gasteiger partial charge in [-0.05, 0) is 193 Å². The molecular formula is C69H53N. The van der Waals surface area contributed by atoms with E-state index in [2.05, 4.69) is 241 Å². The van der Waals surface area contributed by atoms with E-state index in [0.717, 1.165) is 11.8 Å². The van der Waals surface area contributed by atoms with Crippen molar-refractivity contribution in [1.82, 2.24) is 0 Å². The van der Waals surface area contributed by atoms with Crippen LogP contribution < -0.4 is 4.90 Å². The molecule has 4 fully saturated rings. The lowest BCUT2D eigenvalue weighted by Crippen LogP contribution is -2.55.